The Morgan fingerprint density at radius 3 is 2.68 bits per heavy atom. The molecule has 2 atom stereocenters. The molecule has 1 aliphatic rings. The average molecular weight is 340 g/mol. The average Bonchev–Trinajstić information content (AvgIpc) is 2.86. The Kier molecular flexibility index (Phi) is 4.01. The summed E-state index contributed by atoms with van der Waals surface area (Å²) in [7, 11) is 0. The van der Waals surface area contributed by atoms with Crippen molar-refractivity contribution in [3.8, 4) is 0 Å². The van der Waals surface area contributed by atoms with Crippen molar-refractivity contribution in [3.63, 3.8) is 0 Å². The first-order valence-corrected chi connectivity index (χ1v) is 8.11. The zero-order valence-electron chi connectivity index (χ0n) is 10.4. The number of benzene rings is 1. The Morgan fingerprint density at radius 1 is 1.21 bits per heavy atom. The van der Waals surface area contributed by atoms with Gasteiger partial charge in [0, 0.05) is 33.1 Å². The van der Waals surface area contributed by atoms with E-state index in [-0.39, 0.29) is 5.82 Å². The monoisotopic (exact) mass is 339 g/mol. The minimum Gasteiger partial charge on any atom is -0.316 e. The second-order valence-electron chi connectivity index (χ2n) is 4.92. The fourth-order valence-electron chi connectivity index (χ4n) is 2.78. The fraction of sp³-hybridized carbons (Fsp3) is 0.333. The molecule has 0 saturated carbocycles. The van der Waals surface area contributed by atoms with E-state index in [1.165, 1.54) is 10.4 Å². The van der Waals surface area contributed by atoms with E-state index in [9.17, 15) is 4.39 Å². The smallest absolute Gasteiger partial charge is 0.123 e. The highest BCUT2D eigenvalue weighted by molar-refractivity contribution is 9.10. The van der Waals surface area contributed by atoms with Crippen molar-refractivity contribution in [3.05, 3.63) is 56.4 Å². The molecule has 19 heavy (non-hydrogen) atoms. The molecule has 100 valence electrons. The molecular weight excluding hydrogens is 325 g/mol. The summed E-state index contributed by atoms with van der Waals surface area (Å²) in [5.41, 5.74) is 1.23. The van der Waals surface area contributed by atoms with Crippen molar-refractivity contribution in [1.29, 1.82) is 0 Å². The van der Waals surface area contributed by atoms with Crippen molar-refractivity contribution >= 4 is 27.3 Å². The van der Waals surface area contributed by atoms with Gasteiger partial charge in [0.05, 0.1) is 0 Å². The van der Waals surface area contributed by atoms with Crippen LogP contribution in [-0.4, -0.2) is 13.1 Å². The van der Waals surface area contributed by atoms with Gasteiger partial charge >= 0.3 is 0 Å². The molecule has 1 aromatic heterocycles. The lowest BCUT2D eigenvalue weighted by atomic mass is 9.80. The largest absolute Gasteiger partial charge is 0.316 e. The molecule has 2 aromatic rings. The second kappa shape index (κ2) is 5.73. The quantitative estimate of drug-likeness (QED) is 0.848. The van der Waals surface area contributed by atoms with E-state index < -0.39 is 0 Å². The van der Waals surface area contributed by atoms with Gasteiger partial charge in [0.25, 0.3) is 0 Å². The van der Waals surface area contributed by atoms with Gasteiger partial charge in [0.1, 0.15) is 5.82 Å². The Balaban J connectivity index is 1.90. The topological polar surface area (TPSA) is 12.0 Å². The van der Waals surface area contributed by atoms with Gasteiger partial charge in [-0.3, -0.25) is 0 Å². The summed E-state index contributed by atoms with van der Waals surface area (Å²) in [6.45, 7) is 2.02. The van der Waals surface area contributed by atoms with E-state index in [4.69, 9.17) is 0 Å². The van der Waals surface area contributed by atoms with Gasteiger partial charge in [-0.05, 0) is 52.7 Å². The summed E-state index contributed by atoms with van der Waals surface area (Å²) in [5.74, 6) is 0.797. The normalized spacial score (nSPS) is 23.5. The number of hydrogen-bond acceptors (Lipinski definition) is 2. The summed E-state index contributed by atoms with van der Waals surface area (Å²) in [5, 5.41) is 5.59. The van der Waals surface area contributed by atoms with Gasteiger partial charge in [0.2, 0.25) is 0 Å². The summed E-state index contributed by atoms with van der Waals surface area (Å²) >= 11 is 5.34. The molecule has 0 radical (unpaired) electrons. The Bertz CT molecular complexity index is 552. The number of nitrogens with one attached hydrogen (secondary N) is 1. The van der Waals surface area contributed by atoms with Gasteiger partial charge in [-0.2, -0.15) is 0 Å². The summed E-state index contributed by atoms with van der Waals surface area (Å²) in [6.07, 6.45) is 1.13. The number of piperidine rings is 1. The van der Waals surface area contributed by atoms with Gasteiger partial charge in [-0.1, -0.05) is 12.1 Å². The molecule has 0 amide bonds. The predicted molar refractivity (Wildman–Crippen MR) is 81.4 cm³/mol. The first kappa shape index (κ1) is 13.3. The van der Waals surface area contributed by atoms with Gasteiger partial charge in [0.15, 0.2) is 0 Å². The van der Waals surface area contributed by atoms with Crippen LogP contribution in [-0.2, 0) is 0 Å². The van der Waals surface area contributed by atoms with Crippen LogP contribution in [0.1, 0.15) is 28.7 Å². The van der Waals surface area contributed by atoms with Gasteiger partial charge < -0.3 is 5.32 Å². The van der Waals surface area contributed by atoms with E-state index in [1.807, 2.05) is 23.5 Å². The third-order valence-corrected chi connectivity index (χ3v) is 5.56. The van der Waals surface area contributed by atoms with E-state index in [1.54, 1.807) is 12.1 Å². The van der Waals surface area contributed by atoms with Crippen molar-refractivity contribution in [2.24, 2.45) is 0 Å². The lowest BCUT2D eigenvalue weighted by Gasteiger charge is -2.32. The van der Waals surface area contributed by atoms with Crippen LogP contribution < -0.4 is 5.32 Å². The van der Waals surface area contributed by atoms with Gasteiger partial charge in [-0.15, -0.1) is 11.3 Å². The maximum Gasteiger partial charge on any atom is 0.123 e. The Labute approximate surface area is 125 Å². The lowest BCUT2D eigenvalue weighted by molar-refractivity contribution is 0.408. The Hall–Kier alpha value is -0.710. The minimum atomic E-state index is -0.164. The molecule has 2 unspecified atom stereocenters. The predicted octanol–water partition coefficient (Wildman–Crippen LogP) is 4.51. The molecule has 0 bridgehead atoms. The van der Waals surface area contributed by atoms with Crippen LogP contribution >= 0.6 is 27.3 Å². The van der Waals surface area contributed by atoms with Crippen molar-refractivity contribution in [1.82, 2.24) is 5.32 Å². The first-order chi connectivity index (χ1) is 9.24. The number of thiophene rings is 1. The molecule has 1 aromatic carbocycles. The molecule has 1 fully saturated rings. The zero-order chi connectivity index (χ0) is 13.2. The highest BCUT2D eigenvalue weighted by Crippen LogP contribution is 2.40. The third kappa shape index (κ3) is 2.91. The van der Waals surface area contributed by atoms with Crippen LogP contribution in [0.2, 0.25) is 0 Å². The Morgan fingerprint density at radius 2 is 2.00 bits per heavy atom. The molecule has 0 spiro atoms. The van der Waals surface area contributed by atoms with Crippen LogP contribution in [0.3, 0.4) is 0 Å². The summed E-state index contributed by atoms with van der Waals surface area (Å²) < 4.78 is 14.2. The molecule has 0 aliphatic carbocycles. The molecular formula is C15H15BrFNS. The van der Waals surface area contributed by atoms with E-state index in [0.29, 0.717) is 11.8 Å². The number of rotatable bonds is 2. The van der Waals surface area contributed by atoms with Crippen LogP contribution in [0.5, 0.6) is 0 Å². The number of halogens is 2. The van der Waals surface area contributed by atoms with Crippen LogP contribution in [0, 0.1) is 5.82 Å². The van der Waals surface area contributed by atoms with E-state index in [2.05, 4.69) is 32.7 Å². The minimum absolute atomic E-state index is 0.164. The summed E-state index contributed by atoms with van der Waals surface area (Å²) in [4.78, 5) is 1.42. The molecule has 1 saturated heterocycles. The first-order valence-electron chi connectivity index (χ1n) is 6.44. The third-order valence-electron chi connectivity index (χ3n) is 3.73. The van der Waals surface area contributed by atoms with E-state index in [0.717, 1.165) is 24.0 Å². The maximum atomic E-state index is 13.1. The van der Waals surface area contributed by atoms with Crippen LogP contribution in [0.15, 0.2) is 40.2 Å². The van der Waals surface area contributed by atoms with Gasteiger partial charge in [-0.25, -0.2) is 4.39 Å². The highest BCUT2D eigenvalue weighted by atomic mass is 79.9. The lowest BCUT2D eigenvalue weighted by Crippen LogP contribution is -2.33. The molecule has 3 rings (SSSR count). The van der Waals surface area contributed by atoms with Crippen molar-refractivity contribution in [2.75, 3.05) is 13.1 Å². The standard InChI is InChI=1S/C15H15BrFNS/c16-11-7-15(19-9-11)13-5-6-18-8-14(13)10-1-3-12(17)4-2-10/h1-4,7,9,13-14,18H,5-6,8H2. The van der Waals surface area contributed by atoms with Crippen molar-refractivity contribution < 1.29 is 4.39 Å². The molecule has 2 heterocycles. The van der Waals surface area contributed by atoms with Crippen LogP contribution in [0.25, 0.3) is 0 Å². The van der Waals surface area contributed by atoms with Crippen molar-refractivity contribution in [2.45, 2.75) is 18.3 Å². The van der Waals surface area contributed by atoms with E-state index >= 15 is 0 Å². The maximum absolute atomic E-state index is 13.1. The molecule has 1 nitrogen and oxygen atoms in total. The number of hydrogen-bond donors (Lipinski definition) is 1. The zero-order valence-corrected chi connectivity index (χ0v) is 12.8. The molecule has 1 N–H and O–H groups in total. The summed E-state index contributed by atoms with van der Waals surface area (Å²) in [6, 6.07) is 9.18. The van der Waals surface area contributed by atoms with Crippen LogP contribution in [0.4, 0.5) is 4.39 Å². The second-order valence-corrected chi connectivity index (χ2v) is 6.78. The highest BCUT2D eigenvalue weighted by Gasteiger charge is 2.28. The molecule has 4 heteroatoms. The SMILES string of the molecule is Fc1ccc(C2CNCCC2c2cc(Br)cs2)cc1. The fourth-order valence-corrected chi connectivity index (χ4v) is 4.43. The molecule has 1 aliphatic heterocycles.